The number of rotatable bonds is 5. The minimum Gasteiger partial charge on any atom is -0.486 e. The van der Waals surface area contributed by atoms with Crippen LogP contribution < -0.4 is 14.8 Å². The van der Waals surface area contributed by atoms with Crippen LogP contribution in [0.2, 0.25) is 0 Å². The molecular weight excluding hydrogens is 342 g/mol. The molecular formula is C18H17NO5S. The number of anilines is 1. The van der Waals surface area contributed by atoms with Gasteiger partial charge in [0.15, 0.2) is 18.1 Å². The molecule has 1 heterocycles. The standard InChI is InChI=1S/C18H17NO5S/c1-25-16-5-3-2-4-13(16)19-17(20)11-24-18(21)12-6-7-14-15(10-12)23-9-8-22-14/h2-7,10H,8-9,11H2,1H3,(H,19,20). The second-order valence-electron chi connectivity index (χ2n) is 5.18. The van der Waals surface area contributed by atoms with Crippen LogP contribution in [0.4, 0.5) is 5.69 Å². The van der Waals surface area contributed by atoms with Gasteiger partial charge in [0.1, 0.15) is 13.2 Å². The van der Waals surface area contributed by atoms with Crippen LogP contribution in [0.15, 0.2) is 47.4 Å². The molecule has 1 aliphatic heterocycles. The number of nitrogens with one attached hydrogen (secondary N) is 1. The molecule has 2 aromatic rings. The molecule has 0 spiro atoms. The highest BCUT2D eigenvalue weighted by molar-refractivity contribution is 7.98. The van der Waals surface area contributed by atoms with Crippen molar-refractivity contribution in [1.82, 2.24) is 0 Å². The largest absolute Gasteiger partial charge is 0.486 e. The lowest BCUT2D eigenvalue weighted by atomic mass is 10.2. The Morgan fingerprint density at radius 1 is 1.12 bits per heavy atom. The van der Waals surface area contributed by atoms with Gasteiger partial charge in [0.05, 0.1) is 11.3 Å². The molecule has 0 fully saturated rings. The van der Waals surface area contributed by atoms with Gasteiger partial charge in [-0.25, -0.2) is 4.79 Å². The summed E-state index contributed by atoms with van der Waals surface area (Å²) in [5, 5.41) is 2.74. The predicted molar refractivity (Wildman–Crippen MR) is 94.6 cm³/mol. The predicted octanol–water partition coefficient (Wildman–Crippen LogP) is 2.98. The van der Waals surface area contributed by atoms with Gasteiger partial charge < -0.3 is 19.5 Å². The smallest absolute Gasteiger partial charge is 0.338 e. The van der Waals surface area contributed by atoms with E-state index in [1.54, 1.807) is 24.3 Å². The number of thioether (sulfide) groups is 1. The first-order valence-electron chi connectivity index (χ1n) is 7.67. The fraction of sp³-hybridized carbons (Fsp3) is 0.222. The first-order valence-corrected chi connectivity index (χ1v) is 8.89. The Balaban J connectivity index is 1.57. The SMILES string of the molecule is CSc1ccccc1NC(=O)COC(=O)c1ccc2c(c1)OCCO2. The lowest BCUT2D eigenvalue weighted by Gasteiger charge is -2.18. The van der Waals surface area contributed by atoms with Crippen molar-refractivity contribution in [2.24, 2.45) is 0 Å². The summed E-state index contributed by atoms with van der Waals surface area (Å²) < 4.78 is 15.9. The van der Waals surface area contributed by atoms with Crippen LogP contribution >= 0.6 is 11.8 Å². The zero-order valence-electron chi connectivity index (χ0n) is 13.6. The van der Waals surface area contributed by atoms with Crippen LogP contribution in [0, 0.1) is 0 Å². The minimum atomic E-state index is -0.592. The molecule has 3 rings (SSSR count). The van der Waals surface area contributed by atoms with Crippen molar-refractivity contribution >= 4 is 29.3 Å². The highest BCUT2D eigenvalue weighted by atomic mass is 32.2. The van der Waals surface area contributed by atoms with Crippen molar-refractivity contribution in [1.29, 1.82) is 0 Å². The summed E-state index contributed by atoms with van der Waals surface area (Å²) in [6, 6.07) is 12.2. The molecule has 25 heavy (non-hydrogen) atoms. The van der Waals surface area contributed by atoms with Crippen LogP contribution in [0.5, 0.6) is 11.5 Å². The van der Waals surface area contributed by atoms with E-state index in [0.717, 1.165) is 4.90 Å². The summed E-state index contributed by atoms with van der Waals surface area (Å²) in [5.74, 6) is 0.103. The van der Waals surface area contributed by atoms with Crippen molar-refractivity contribution in [2.45, 2.75) is 4.90 Å². The van der Waals surface area contributed by atoms with Crippen molar-refractivity contribution < 1.29 is 23.8 Å². The van der Waals surface area contributed by atoms with Crippen molar-refractivity contribution in [3.8, 4) is 11.5 Å². The summed E-state index contributed by atoms with van der Waals surface area (Å²) in [7, 11) is 0. The molecule has 0 saturated heterocycles. The van der Waals surface area contributed by atoms with E-state index < -0.39 is 11.9 Å². The number of benzene rings is 2. The Bertz CT molecular complexity index is 793. The van der Waals surface area contributed by atoms with Crippen molar-refractivity contribution in [2.75, 3.05) is 31.4 Å². The van der Waals surface area contributed by atoms with Gasteiger partial charge in [-0.2, -0.15) is 0 Å². The first-order chi connectivity index (χ1) is 12.2. The zero-order chi connectivity index (χ0) is 17.6. The van der Waals surface area contributed by atoms with Gasteiger partial charge in [-0.3, -0.25) is 4.79 Å². The average Bonchev–Trinajstić information content (AvgIpc) is 2.66. The van der Waals surface area contributed by atoms with Gasteiger partial charge in [-0.1, -0.05) is 12.1 Å². The first kappa shape index (κ1) is 17.2. The monoisotopic (exact) mass is 359 g/mol. The quantitative estimate of drug-likeness (QED) is 0.654. The molecule has 2 aromatic carbocycles. The molecule has 0 unspecified atom stereocenters. The highest BCUT2D eigenvalue weighted by Gasteiger charge is 2.17. The fourth-order valence-electron chi connectivity index (χ4n) is 2.32. The van der Waals surface area contributed by atoms with E-state index in [4.69, 9.17) is 14.2 Å². The van der Waals surface area contributed by atoms with Gasteiger partial charge in [0.2, 0.25) is 0 Å². The number of fused-ring (bicyclic) bond motifs is 1. The third-order valence-electron chi connectivity index (χ3n) is 3.49. The number of carbonyl (C=O) groups is 2. The third kappa shape index (κ3) is 4.24. The number of hydrogen-bond acceptors (Lipinski definition) is 6. The second-order valence-corrected chi connectivity index (χ2v) is 6.03. The molecule has 7 heteroatoms. The Labute approximate surface area is 149 Å². The molecule has 130 valence electrons. The molecule has 0 radical (unpaired) electrons. The van der Waals surface area contributed by atoms with E-state index in [1.165, 1.54) is 11.8 Å². The number of esters is 1. The van der Waals surface area contributed by atoms with E-state index >= 15 is 0 Å². The van der Waals surface area contributed by atoms with Crippen LogP contribution in [-0.4, -0.2) is 38.0 Å². The van der Waals surface area contributed by atoms with E-state index in [2.05, 4.69) is 5.32 Å². The van der Waals surface area contributed by atoms with Gasteiger partial charge in [0, 0.05) is 4.90 Å². The Morgan fingerprint density at radius 3 is 2.68 bits per heavy atom. The summed E-state index contributed by atoms with van der Waals surface area (Å²) >= 11 is 1.52. The van der Waals surface area contributed by atoms with E-state index in [9.17, 15) is 9.59 Å². The Hall–Kier alpha value is -2.67. The number of amides is 1. The Morgan fingerprint density at radius 2 is 1.88 bits per heavy atom. The normalized spacial score (nSPS) is 12.4. The van der Waals surface area contributed by atoms with Crippen molar-refractivity contribution in [3.05, 3.63) is 48.0 Å². The molecule has 0 saturated carbocycles. The maximum atomic E-state index is 12.1. The molecule has 1 aliphatic rings. The summed E-state index contributed by atoms with van der Waals surface area (Å²) in [5.41, 5.74) is 0.997. The molecule has 1 amide bonds. The number of carbonyl (C=O) groups excluding carboxylic acids is 2. The average molecular weight is 359 g/mol. The topological polar surface area (TPSA) is 73.9 Å². The van der Waals surface area contributed by atoms with E-state index in [0.29, 0.717) is 36.0 Å². The van der Waals surface area contributed by atoms with Crippen LogP contribution in [0.3, 0.4) is 0 Å². The molecule has 0 atom stereocenters. The van der Waals surface area contributed by atoms with Gasteiger partial charge in [-0.15, -0.1) is 11.8 Å². The molecule has 0 aromatic heterocycles. The number of ether oxygens (including phenoxy) is 3. The van der Waals surface area contributed by atoms with Crippen LogP contribution in [0.1, 0.15) is 10.4 Å². The van der Waals surface area contributed by atoms with Crippen LogP contribution in [-0.2, 0) is 9.53 Å². The zero-order valence-corrected chi connectivity index (χ0v) is 14.4. The fourth-order valence-corrected chi connectivity index (χ4v) is 2.87. The Kier molecular flexibility index (Phi) is 5.45. The van der Waals surface area contributed by atoms with E-state index in [-0.39, 0.29) is 6.61 Å². The lowest BCUT2D eigenvalue weighted by molar-refractivity contribution is -0.119. The molecule has 0 bridgehead atoms. The molecule has 1 N–H and O–H groups in total. The number of para-hydroxylation sites is 1. The maximum Gasteiger partial charge on any atom is 0.338 e. The molecule has 0 aliphatic carbocycles. The summed E-state index contributed by atoms with van der Waals surface area (Å²) in [4.78, 5) is 25.1. The van der Waals surface area contributed by atoms with Gasteiger partial charge in [-0.05, 0) is 36.6 Å². The third-order valence-corrected chi connectivity index (χ3v) is 4.29. The second kappa shape index (κ2) is 7.94. The highest BCUT2D eigenvalue weighted by Crippen LogP contribution is 2.31. The minimum absolute atomic E-state index is 0.307. The van der Waals surface area contributed by atoms with Gasteiger partial charge in [0.25, 0.3) is 5.91 Å². The number of hydrogen-bond donors (Lipinski definition) is 1. The summed E-state index contributed by atoms with van der Waals surface area (Å²) in [6.07, 6.45) is 1.92. The van der Waals surface area contributed by atoms with Crippen LogP contribution in [0.25, 0.3) is 0 Å². The maximum absolute atomic E-state index is 12.1. The van der Waals surface area contributed by atoms with Gasteiger partial charge >= 0.3 is 5.97 Å². The summed E-state index contributed by atoms with van der Waals surface area (Å²) in [6.45, 7) is 0.549. The van der Waals surface area contributed by atoms with E-state index in [1.807, 2.05) is 24.5 Å². The van der Waals surface area contributed by atoms with Crippen molar-refractivity contribution in [3.63, 3.8) is 0 Å². The molecule has 6 nitrogen and oxygen atoms in total. The lowest BCUT2D eigenvalue weighted by Crippen LogP contribution is -2.21.